The Labute approximate surface area is 142 Å². The first kappa shape index (κ1) is 16.7. The van der Waals surface area contributed by atoms with E-state index in [1.54, 1.807) is 10.9 Å². The second kappa shape index (κ2) is 6.75. The Kier molecular flexibility index (Phi) is 4.69. The lowest BCUT2D eigenvalue weighted by atomic mass is 10.0. The zero-order valence-corrected chi connectivity index (χ0v) is 14.8. The summed E-state index contributed by atoms with van der Waals surface area (Å²) in [6.07, 6.45) is 6.35. The minimum atomic E-state index is -0.145. The molecule has 7 nitrogen and oxygen atoms in total. The van der Waals surface area contributed by atoms with Gasteiger partial charge >= 0.3 is 0 Å². The fourth-order valence-corrected chi connectivity index (χ4v) is 2.95. The van der Waals surface area contributed by atoms with Crippen molar-refractivity contribution in [3.8, 4) is 0 Å². The van der Waals surface area contributed by atoms with E-state index in [1.165, 1.54) is 0 Å². The lowest BCUT2D eigenvalue weighted by Crippen LogP contribution is -2.38. The molecular weight excluding hydrogens is 306 g/mol. The lowest BCUT2D eigenvalue weighted by Gasteiger charge is -2.33. The van der Waals surface area contributed by atoms with E-state index in [-0.39, 0.29) is 23.9 Å². The summed E-state index contributed by atoms with van der Waals surface area (Å²) < 4.78 is 7.25. The van der Waals surface area contributed by atoms with E-state index < -0.39 is 0 Å². The highest BCUT2D eigenvalue weighted by atomic mass is 16.5. The molecule has 2 aromatic heterocycles. The van der Waals surface area contributed by atoms with E-state index in [0.717, 1.165) is 19.3 Å². The molecule has 130 valence electrons. The van der Waals surface area contributed by atoms with Crippen LogP contribution in [0.3, 0.4) is 0 Å². The molecule has 0 radical (unpaired) electrons. The fourth-order valence-electron chi connectivity index (χ4n) is 2.95. The van der Waals surface area contributed by atoms with Gasteiger partial charge in [-0.25, -0.2) is 0 Å². The Hall–Kier alpha value is -2.18. The van der Waals surface area contributed by atoms with E-state index in [0.29, 0.717) is 23.8 Å². The molecule has 1 amide bonds. The van der Waals surface area contributed by atoms with Crippen LogP contribution in [0.2, 0.25) is 0 Å². The van der Waals surface area contributed by atoms with Crippen LogP contribution in [-0.2, 0) is 0 Å². The van der Waals surface area contributed by atoms with Gasteiger partial charge in [-0.3, -0.25) is 9.48 Å². The van der Waals surface area contributed by atoms with Crippen LogP contribution in [0.25, 0.3) is 0 Å². The van der Waals surface area contributed by atoms with Crippen LogP contribution in [0, 0.1) is 0 Å². The van der Waals surface area contributed by atoms with Crippen molar-refractivity contribution in [3.63, 3.8) is 0 Å². The van der Waals surface area contributed by atoms with Crippen molar-refractivity contribution < 1.29 is 9.32 Å². The van der Waals surface area contributed by atoms with E-state index in [2.05, 4.69) is 15.2 Å². The van der Waals surface area contributed by atoms with Gasteiger partial charge < -0.3 is 9.42 Å². The van der Waals surface area contributed by atoms with Crippen LogP contribution in [-0.4, -0.2) is 37.3 Å². The molecule has 3 heterocycles. The molecule has 1 unspecified atom stereocenters. The van der Waals surface area contributed by atoms with Crippen LogP contribution in [0.5, 0.6) is 0 Å². The average molecular weight is 331 g/mol. The van der Waals surface area contributed by atoms with Crippen LogP contribution < -0.4 is 0 Å². The molecule has 0 aromatic carbocycles. The van der Waals surface area contributed by atoms with Gasteiger partial charge in [-0.2, -0.15) is 10.1 Å². The Morgan fingerprint density at radius 3 is 2.71 bits per heavy atom. The SMILES string of the molecule is CC(C)c1noc(C2CCCCN2C(=O)c2cnn(C(C)C)c2)n1. The van der Waals surface area contributed by atoms with E-state index in [4.69, 9.17) is 4.52 Å². The third-order valence-electron chi connectivity index (χ3n) is 4.40. The van der Waals surface area contributed by atoms with Crippen molar-refractivity contribution in [2.45, 2.75) is 65.0 Å². The second-order valence-corrected chi connectivity index (χ2v) is 6.96. The van der Waals surface area contributed by atoms with Crippen LogP contribution in [0.4, 0.5) is 0 Å². The number of hydrogen-bond donors (Lipinski definition) is 0. The molecule has 0 saturated carbocycles. The summed E-state index contributed by atoms with van der Waals surface area (Å²) in [4.78, 5) is 19.3. The number of hydrogen-bond acceptors (Lipinski definition) is 5. The molecule has 1 aliphatic heterocycles. The Morgan fingerprint density at radius 1 is 1.29 bits per heavy atom. The van der Waals surface area contributed by atoms with E-state index in [1.807, 2.05) is 38.8 Å². The number of nitrogens with zero attached hydrogens (tertiary/aromatic N) is 5. The number of likely N-dealkylation sites (tertiary alicyclic amines) is 1. The maximum Gasteiger partial charge on any atom is 0.257 e. The highest BCUT2D eigenvalue weighted by Gasteiger charge is 2.33. The molecule has 0 aliphatic carbocycles. The molecule has 1 aliphatic rings. The van der Waals surface area contributed by atoms with Crippen molar-refractivity contribution in [1.29, 1.82) is 0 Å². The van der Waals surface area contributed by atoms with Crippen molar-refractivity contribution in [3.05, 3.63) is 29.7 Å². The first-order valence-corrected chi connectivity index (χ1v) is 8.66. The van der Waals surface area contributed by atoms with Gasteiger partial charge in [-0.15, -0.1) is 0 Å². The molecule has 0 bridgehead atoms. The quantitative estimate of drug-likeness (QED) is 0.858. The Morgan fingerprint density at radius 2 is 2.08 bits per heavy atom. The lowest BCUT2D eigenvalue weighted by molar-refractivity contribution is 0.0561. The Balaban J connectivity index is 1.84. The predicted molar refractivity (Wildman–Crippen MR) is 88.6 cm³/mol. The summed E-state index contributed by atoms with van der Waals surface area (Å²) in [5.74, 6) is 1.43. The van der Waals surface area contributed by atoms with E-state index in [9.17, 15) is 4.79 Å². The van der Waals surface area contributed by atoms with Crippen LogP contribution >= 0.6 is 0 Å². The van der Waals surface area contributed by atoms with Gasteiger partial charge in [0.25, 0.3) is 5.91 Å². The summed E-state index contributed by atoms with van der Waals surface area (Å²) in [6, 6.07) is 0.0851. The zero-order valence-electron chi connectivity index (χ0n) is 14.8. The molecule has 24 heavy (non-hydrogen) atoms. The molecule has 1 saturated heterocycles. The number of aromatic nitrogens is 4. The summed E-state index contributed by atoms with van der Waals surface area (Å²) in [7, 11) is 0. The van der Waals surface area contributed by atoms with Gasteiger partial charge in [-0.05, 0) is 33.1 Å². The molecule has 0 spiro atoms. The molecule has 7 heteroatoms. The molecule has 1 fully saturated rings. The number of amides is 1. The minimum Gasteiger partial charge on any atom is -0.337 e. The van der Waals surface area contributed by atoms with Gasteiger partial charge in [0.15, 0.2) is 5.82 Å². The predicted octanol–water partition coefficient (Wildman–Crippen LogP) is 3.34. The summed E-state index contributed by atoms with van der Waals surface area (Å²) >= 11 is 0. The van der Waals surface area contributed by atoms with Crippen molar-refractivity contribution in [1.82, 2.24) is 24.8 Å². The van der Waals surface area contributed by atoms with Crippen LogP contribution in [0.15, 0.2) is 16.9 Å². The van der Waals surface area contributed by atoms with Gasteiger partial charge in [0.05, 0.1) is 11.8 Å². The Bertz CT molecular complexity index is 703. The second-order valence-electron chi connectivity index (χ2n) is 6.96. The first-order chi connectivity index (χ1) is 11.5. The number of carbonyl (C=O) groups excluding carboxylic acids is 1. The normalized spacial score (nSPS) is 18.6. The highest BCUT2D eigenvalue weighted by Crippen LogP contribution is 2.31. The minimum absolute atomic E-state index is 0.0177. The third-order valence-corrected chi connectivity index (χ3v) is 4.40. The summed E-state index contributed by atoms with van der Waals surface area (Å²) in [5, 5.41) is 8.32. The molecule has 3 rings (SSSR count). The van der Waals surface area contributed by atoms with E-state index >= 15 is 0 Å². The van der Waals surface area contributed by atoms with Gasteiger partial charge in [0.2, 0.25) is 5.89 Å². The van der Waals surface area contributed by atoms with Crippen LogP contribution in [0.1, 0.15) is 87.0 Å². The van der Waals surface area contributed by atoms with Gasteiger partial charge in [0, 0.05) is 24.7 Å². The fraction of sp³-hybridized carbons (Fsp3) is 0.647. The smallest absolute Gasteiger partial charge is 0.257 e. The van der Waals surface area contributed by atoms with Gasteiger partial charge in [0.1, 0.15) is 6.04 Å². The zero-order chi connectivity index (χ0) is 17.3. The first-order valence-electron chi connectivity index (χ1n) is 8.66. The number of carbonyl (C=O) groups is 1. The monoisotopic (exact) mass is 331 g/mol. The number of rotatable bonds is 4. The van der Waals surface area contributed by atoms with Crippen molar-refractivity contribution in [2.75, 3.05) is 6.54 Å². The van der Waals surface area contributed by atoms with Crippen molar-refractivity contribution in [2.24, 2.45) is 0 Å². The van der Waals surface area contributed by atoms with Gasteiger partial charge in [-0.1, -0.05) is 19.0 Å². The molecule has 0 N–H and O–H groups in total. The number of piperidine rings is 1. The third kappa shape index (κ3) is 3.20. The standard InChI is InChI=1S/C17H25N5O2/c1-11(2)15-19-16(24-20-15)14-7-5-6-8-21(14)17(23)13-9-18-22(10-13)12(3)4/h9-12,14H,5-8H2,1-4H3. The molecule has 2 aromatic rings. The highest BCUT2D eigenvalue weighted by molar-refractivity contribution is 5.94. The maximum atomic E-state index is 12.9. The summed E-state index contributed by atoms with van der Waals surface area (Å²) in [6.45, 7) is 8.83. The maximum absolute atomic E-state index is 12.9. The summed E-state index contributed by atoms with van der Waals surface area (Å²) in [5.41, 5.74) is 0.610. The molecular formula is C17H25N5O2. The van der Waals surface area contributed by atoms with Crippen molar-refractivity contribution >= 4 is 5.91 Å². The largest absolute Gasteiger partial charge is 0.337 e. The average Bonchev–Trinajstić information content (AvgIpc) is 3.23. The molecule has 1 atom stereocenters. The topological polar surface area (TPSA) is 77.0 Å².